The molecule has 248 valence electrons. The number of aromatic nitrogens is 8. The highest BCUT2D eigenvalue weighted by atomic mass is 32.7. The molecule has 0 aliphatic carbocycles. The first-order valence-electron chi connectivity index (χ1n) is 13.4. The molecule has 4 aromatic heterocycles. The Kier molecular flexibility index (Phi) is 8.30. The van der Waals surface area contributed by atoms with Gasteiger partial charge in [-0.2, -0.15) is 23.7 Å². The van der Waals surface area contributed by atoms with Gasteiger partial charge in [-0.15, -0.1) is 0 Å². The molecule has 7 heterocycles. The number of nitrogens with one attached hydrogen (secondary N) is 1. The van der Waals surface area contributed by atoms with Crippen LogP contribution in [-0.4, -0.2) is 111 Å². The second-order valence-electron chi connectivity index (χ2n) is 10.3. The number of nitrogens with zero attached hydrogens (tertiary/aromatic N) is 7. The minimum Gasteiger partial charge on any atom is -0.387 e. The van der Waals surface area contributed by atoms with Crippen LogP contribution in [0.4, 0.5) is 11.8 Å². The molecule has 0 aromatic carbocycles. The van der Waals surface area contributed by atoms with E-state index in [2.05, 4.69) is 42.3 Å². The van der Waals surface area contributed by atoms with Crippen LogP contribution < -0.4 is 17.0 Å². The predicted molar refractivity (Wildman–Crippen MR) is 163 cm³/mol. The lowest BCUT2D eigenvalue weighted by Crippen LogP contribution is -2.36. The SMILES string of the molecule is CO[P+]1(S)OCC2OC(n3cnc4c(N)ncnc43)C(O)C2OP(O)(=S)OCC2OC(n3ncc4c(=O)[nH]c(N)nc43)C(O1)C2O. The number of nitrogens with two attached hydrogens (primary N) is 2. The molecule has 21 nitrogen and oxygen atoms in total. The number of anilines is 2. The molecule has 0 spiro atoms. The summed E-state index contributed by atoms with van der Waals surface area (Å²) in [6.45, 7) is -5.02. The second-order valence-corrected chi connectivity index (χ2v) is 16.4. The summed E-state index contributed by atoms with van der Waals surface area (Å²) in [6, 6.07) is 0. The predicted octanol–water partition coefficient (Wildman–Crippen LogP) is -1.07. The average Bonchev–Trinajstić information content (AvgIpc) is 3.77. The van der Waals surface area contributed by atoms with Gasteiger partial charge in [0.2, 0.25) is 5.95 Å². The Hall–Kier alpha value is -2.47. The lowest BCUT2D eigenvalue weighted by Gasteiger charge is -2.26. The van der Waals surface area contributed by atoms with Crippen molar-refractivity contribution in [1.82, 2.24) is 39.3 Å². The number of thiol groups is 1. The highest BCUT2D eigenvalue weighted by molar-refractivity contribution is 8.47. The van der Waals surface area contributed by atoms with Gasteiger partial charge in [0.15, 0.2) is 35.7 Å². The van der Waals surface area contributed by atoms with Crippen LogP contribution in [0.3, 0.4) is 0 Å². The fourth-order valence-electron chi connectivity index (χ4n) is 5.38. The highest BCUT2D eigenvalue weighted by Gasteiger charge is 2.58. The van der Waals surface area contributed by atoms with Crippen molar-refractivity contribution in [1.29, 1.82) is 0 Å². The smallest absolute Gasteiger partial charge is 0.387 e. The summed E-state index contributed by atoms with van der Waals surface area (Å²) in [5.41, 5.74) is 11.7. The molecule has 3 saturated heterocycles. The number of aliphatic hydroxyl groups is 2. The van der Waals surface area contributed by atoms with Crippen molar-refractivity contribution in [2.45, 2.75) is 49.1 Å². The molecule has 0 amide bonds. The van der Waals surface area contributed by atoms with E-state index >= 15 is 0 Å². The summed E-state index contributed by atoms with van der Waals surface area (Å²) < 4.78 is 43.8. The van der Waals surface area contributed by atoms with Gasteiger partial charge in [0.25, 0.3) is 5.56 Å². The summed E-state index contributed by atoms with van der Waals surface area (Å²) in [4.78, 5) is 42.3. The quantitative estimate of drug-likeness (QED) is 0.0979. The molecular weight excluding hydrogens is 694 g/mol. The summed E-state index contributed by atoms with van der Waals surface area (Å²) >= 11 is 9.81. The van der Waals surface area contributed by atoms with Gasteiger partial charge in [-0.05, 0) is 11.8 Å². The molecule has 4 aromatic rings. The summed E-state index contributed by atoms with van der Waals surface area (Å²) in [6.07, 6.45) is -6.39. The molecule has 3 fully saturated rings. The van der Waals surface area contributed by atoms with Crippen LogP contribution in [0.1, 0.15) is 12.5 Å². The number of fused-ring (bicyclic) bond motifs is 5. The fourth-order valence-corrected chi connectivity index (χ4v) is 8.47. The third kappa shape index (κ3) is 5.58. The van der Waals surface area contributed by atoms with Crippen LogP contribution in [0, 0.1) is 0 Å². The van der Waals surface area contributed by atoms with Crippen LogP contribution in [0.15, 0.2) is 23.6 Å². The van der Waals surface area contributed by atoms with Gasteiger partial charge in [-0.3, -0.25) is 18.9 Å². The molecule has 3 aliphatic heterocycles. The number of H-pyrrole nitrogens is 1. The summed E-state index contributed by atoms with van der Waals surface area (Å²) in [7, 11) is -2.36. The maximum atomic E-state index is 12.4. The first-order chi connectivity index (χ1) is 21.9. The number of rotatable bonds is 3. The van der Waals surface area contributed by atoms with Crippen LogP contribution >= 0.6 is 26.1 Å². The number of ether oxygens (including phenoxy) is 2. The van der Waals surface area contributed by atoms with E-state index in [9.17, 15) is 19.9 Å². The number of aliphatic hydroxyl groups excluding tert-OH is 2. The first kappa shape index (κ1) is 32.1. The Labute approximate surface area is 268 Å². The second kappa shape index (κ2) is 11.9. The monoisotopic (exact) mass is 721 g/mol. The number of hydrogen-bond donors (Lipinski definition) is 7. The van der Waals surface area contributed by atoms with E-state index in [0.717, 1.165) is 0 Å². The average molecular weight is 722 g/mol. The zero-order chi connectivity index (χ0) is 32.5. The van der Waals surface area contributed by atoms with Crippen molar-refractivity contribution >= 4 is 71.9 Å². The summed E-state index contributed by atoms with van der Waals surface area (Å²) in [5, 5.41) is 27.0. The van der Waals surface area contributed by atoms with E-state index in [-0.39, 0.29) is 40.6 Å². The minimum atomic E-state index is -4.15. The maximum absolute atomic E-state index is 12.4. The Balaban J connectivity index is 1.22. The van der Waals surface area contributed by atoms with Crippen molar-refractivity contribution in [2.75, 3.05) is 31.8 Å². The van der Waals surface area contributed by atoms with Crippen molar-refractivity contribution < 1.29 is 47.2 Å². The van der Waals surface area contributed by atoms with Gasteiger partial charge in [-0.25, -0.2) is 19.6 Å². The van der Waals surface area contributed by atoms with Crippen LogP contribution in [0.25, 0.3) is 22.2 Å². The lowest BCUT2D eigenvalue weighted by atomic mass is 10.1. The van der Waals surface area contributed by atoms with Crippen molar-refractivity contribution in [3.63, 3.8) is 0 Å². The molecular formula is C21H27N10O11P2S2+. The van der Waals surface area contributed by atoms with Crippen molar-refractivity contribution in [3.05, 3.63) is 29.2 Å². The van der Waals surface area contributed by atoms with Crippen LogP contribution in [0.2, 0.25) is 0 Å². The molecule has 25 heteroatoms. The van der Waals surface area contributed by atoms with Gasteiger partial charge < -0.3 is 40.6 Å². The summed E-state index contributed by atoms with van der Waals surface area (Å²) in [5.74, 6) is -0.0658. The normalized spacial score (nSPS) is 37.2. The zero-order valence-corrected chi connectivity index (χ0v) is 26.9. The Bertz CT molecular complexity index is 1900. The molecule has 46 heavy (non-hydrogen) atoms. The molecule has 10 unspecified atom stereocenters. The van der Waals surface area contributed by atoms with Crippen molar-refractivity contribution in [3.8, 4) is 0 Å². The molecule has 3 aliphatic rings. The van der Waals surface area contributed by atoms with Gasteiger partial charge in [-0.1, -0.05) is 0 Å². The Morgan fingerprint density at radius 1 is 1.13 bits per heavy atom. The standard InChI is InChI=1S/C21H26N10O11P2S2/c1-36-44(46)38-4-9-13(12(33)19(40-9)30-6-26-10-15(22)24-5-25-17(10)30)41-43(35,45)37-3-8-11(32)14(42-44)20(39-8)31-16-7(2-27-31)18(34)29-21(23)28-16/h2,5-6,8-9,11-14,19-20,32-33,46H,3-4H2,1H3,(H5-,22,23,24,25,27,28,29,34,35,45)/p+1. The molecule has 10 atom stereocenters. The van der Waals surface area contributed by atoms with Gasteiger partial charge in [0.05, 0.1) is 38.5 Å². The van der Waals surface area contributed by atoms with E-state index in [4.69, 9.17) is 55.4 Å². The highest BCUT2D eigenvalue weighted by Crippen LogP contribution is 2.68. The number of aromatic amines is 1. The molecule has 2 bridgehead atoms. The lowest BCUT2D eigenvalue weighted by molar-refractivity contribution is -0.0650. The number of nitrogen functional groups attached to an aromatic ring is 2. The number of hydrogen-bond acceptors (Lipinski definition) is 19. The van der Waals surface area contributed by atoms with E-state index in [1.54, 1.807) is 0 Å². The van der Waals surface area contributed by atoms with Crippen molar-refractivity contribution in [2.24, 2.45) is 0 Å². The Morgan fingerprint density at radius 3 is 2.70 bits per heavy atom. The van der Waals surface area contributed by atoms with Crippen LogP contribution in [0.5, 0.6) is 0 Å². The van der Waals surface area contributed by atoms with Crippen LogP contribution in [-0.2, 0) is 43.9 Å². The van der Waals surface area contributed by atoms with Gasteiger partial charge in [0, 0.05) is 0 Å². The first-order valence-corrected chi connectivity index (χ1v) is 18.7. The molecule has 8 N–H and O–H groups in total. The molecule has 0 radical (unpaired) electrons. The molecule has 7 rings (SSSR count). The number of imidazole rings is 1. The Morgan fingerprint density at radius 2 is 1.91 bits per heavy atom. The maximum Gasteiger partial charge on any atom is 0.478 e. The fraction of sp³-hybridized carbons (Fsp3) is 0.524. The third-order valence-electron chi connectivity index (χ3n) is 7.55. The van der Waals surface area contributed by atoms with Gasteiger partial charge >= 0.3 is 13.9 Å². The topological polar surface area (TPSA) is 285 Å². The van der Waals surface area contributed by atoms with Gasteiger partial charge in [0.1, 0.15) is 54.4 Å². The van der Waals surface area contributed by atoms with E-state index in [1.807, 2.05) is 0 Å². The zero-order valence-electron chi connectivity index (χ0n) is 23.4. The largest absolute Gasteiger partial charge is 0.478 e. The third-order valence-corrected chi connectivity index (χ3v) is 11.7. The van der Waals surface area contributed by atoms with E-state index in [0.29, 0.717) is 0 Å². The van der Waals surface area contributed by atoms with E-state index < -0.39 is 75.1 Å². The minimum absolute atomic E-state index is 0.0352. The van der Waals surface area contributed by atoms with E-state index in [1.165, 1.54) is 35.2 Å². The molecule has 0 saturated carbocycles.